The van der Waals surface area contributed by atoms with Gasteiger partial charge in [-0.15, -0.1) is 0 Å². The average molecular weight is 966 g/mol. The van der Waals surface area contributed by atoms with Crippen LogP contribution in [0.25, 0.3) is 98.4 Å². The summed E-state index contributed by atoms with van der Waals surface area (Å²) in [6.45, 7) is 0. The summed E-state index contributed by atoms with van der Waals surface area (Å²) >= 11 is 0. The minimum Gasteiger partial charge on any atom is -0.310 e. The average Bonchev–Trinajstić information content (AvgIpc) is 4.08. The summed E-state index contributed by atoms with van der Waals surface area (Å²) in [7, 11) is 0. The van der Waals surface area contributed by atoms with Crippen molar-refractivity contribution in [3.8, 4) is 44.5 Å². The van der Waals surface area contributed by atoms with Crippen LogP contribution >= 0.6 is 0 Å². The van der Waals surface area contributed by atoms with Crippen LogP contribution in [0.5, 0.6) is 0 Å². The maximum atomic E-state index is 2.66. The van der Waals surface area contributed by atoms with E-state index in [4.69, 9.17) is 0 Å². The number of hydrogen-bond acceptors (Lipinski definition) is 1. The molecule has 1 nitrogen and oxygen atoms in total. The zero-order valence-corrected chi connectivity index (χ0v) is 42.2. The largest absolute Gasteiger partial charge is 0.310 e. The number of hydrogen-bond donors (Lipinski definition) is 0. The van der Waals surface area contributed by atoms with Gasteiger partial charge in [0.1, 0.15) is 0 Å². The molecule has 13 aromatic carbocycles. The molecule has 0 radical (unpaired) electrons. The van der Waals surface area contributed by atoms with Gasteiger partial charge in [-0.05, 0) is 181 Å². The molecule has 356 valence electrons. The lowest BCUT2D eigenvalue weighted by Gasteiger charge is -2.37. The molecule has 0 aromatic heterocycles. The lowest BCUT2D eigenvalue weighted by Crippen LogP contribution is -2.28. The van der Waals surface area contributed by atoms with E-state index in [1.54, 1.807) is 0 Å². The Morgan fingerprint density at radius 2 is 0.737 bits per heavy atom. The van der Waals surface area contributed by atoms with Crippen LogP contribution in [0.1, 0.15) is 65.5 Å². The monoisotopic (exact) mass is 965 g/mol. The second-order valence-electron chi connectivity index (χ2n) is 22.1. The molecular formula is C75H51N. The van der Waals surface area contributed by atoms with Crippen molar-refractivity contribution in [1.29, 1.82) is 0 Å². The van der Waals surface area contributed by atoms with Gasteiger partial charge in [0.25, 0.3) is 0 Å². The molecule has 0 N–H and O–H groups in total. The Balaban J connectivity index is 1.01. The van der Waals surface area contributed by atoms with Crippen LogP contribution in [-0.4, -0.2) is 0 Å². The molecule has 1 saturated carbocycles. The van der Waals surface area contributed by atoms with Crippen molar-refractivity contribution in [3.63, 3.8) is 0 Å². The molecular weight excluding hydrogens is 915 g/mol. The van der Waals surface area contributed by atoms with Crippen molar-refractivity contribution in [2.75, 3.05) is 4.90 Å². The predicted molar refractivity (Wildman–Crippen MR) is 320 cm³/mol. The highest BCUT2D eigenvalue weighted by molar-refractivity contribution is 6.26. The number of anilines is 3. The van der Waals surface area contributed by atoms with Gasteiger partial charge >= 0.3 is 0 Å². The highest BCUT2D eigenvalue weighted by Gasteiger charge is 2.52. The van der Waals surface area contributed by atoms with Crippen molar-refractivity contribution in [3.05, 3.63) is 282 Å². The van der Waals surface area contributed by atoms with E-state index >= 15 is 0 Å². The smallest absolute Gasteiger partial charge is 0.0726 e. The van der Waals surface area contributed by atoms with Gasteiger partial charge in [-0.3, -0.25) is 0 Å². The third-order valence-electron chi connectivity index (χ3n) is 18.6. The van der Waals surface area contributed by atoms with E-state index in [9.17, 15) is 0 Å². The van der Waals surface area contributed by atoms with Gasteiger partial charge in [0, 0.05) is 22.4 Å². The Morgan fingerprint density at radius 1 is 0.263 bits per heavy atom. The van der Waals surface area contributed by atoms with Crippen molar-refractivity contribution < 1.29 is 0 Å². The molecule has 0 unspecified atom stereocenters. The van der Waals surface area contributed by atoms with Gasteiger partial charge in [0.2, 0.25) is 0 Å². The summed E-state index contributed by atoms with van der Waals surface area (Å²) in [5.74, 6) is 0. The van der Waals surface area contributed by atoms with Crippen LogP contribution in [-0.2, 0) is 10.8 Å². The highest BCUT2D eigenvalue weighted by Crippen LogP contribution is 2.65. The van der Waals surface area contributed by atoms with E-state index in [1.165, 1.54) is 175 Å². The number of nitrogens with zero attached hydrogens (tertiary/aromatic N) is 1. The standard InChI is InChI=1S/C75H51N/c1-16-40-74(41-17-1)67-28-12-8-24-59(67)63-39-36-51(44-71(63)74)76(50-35-38-58-56-22-5-4-20-54(56)55-21-6-7-23-57(55)65(58)43-50)73-46-72-66(45-64(73)49-34-37-53-48(42-49)33-32-47-18-2-3-19-52(47)53)62-27-11-15-31-70(62)75(72)68-29-13-9-25-60(68)61-26-10-14-30-69(61)75/h2-15,18-39,42-46H,1,16-17,40-41H2. The lowest BCUT2D eigenvalue weighted by atomic mass is 9.68. The van der Waals surface area contributed by atoms with Gasteiger partial charge in [-0.2, -0.15) is 0 Å². The van der Waals surface area contributed by atoms with Crippen molar-refractivity contribution >= 4 is 70.9 Å². The summed E-state index contributed by atoms with van der Waals surface area (Å²) < 4.78 is 0. The molecule has 4 aliphatic carbocycles. The van der Waals surface area contributed by atoms with E-state index in [0.29, 0.717) is 0 Å². The Morgan fingerprint density at radius 3 is 1.41 bits per heavy atom. The Labute approximate surface area is 443 Å². The second kappa shape index (κ2) is 15.7. The molecule has 0 saturated heterocycles. The van der Waals surface area contributed by atoms with Crippen LogP contribution in [0.3, 0.4) is 0 Å². The summed E-state index contributed by atoms with van der Waals surface area (Å²) in [5, 5.41) is 12.7. The van der Waals surface area contributed by atoms with Gasteiger partial charge in [-0.1, -0.05) is 226 Å². The van der Waals surface area contributed by atoms with Gasteiger partial charge < -0.3 is 4.90 Å². The molecule has 0 bridgehead atoms. The molecule has 0 amide bonds. The molecule has 17 rings (SSSR count). The number of rotatable bonds is 4. The molecule has 76 heavy (non-hydrogen) atoms. The third-order valence-corrected chi connectivity index (χ3v) is 18.6. The molecule has 1 heteroatoms. The number of benzene rings is 13. The maximum Gasteiger partial charge on any atom is 0.0726 e. The van der Waals surface area contributed by atoms with Gasteiger partial charge in [0.05, 0.1) is 11.1 Å². The van der Waals surface area contributed by atoms with Gasteiger partial charge in [0.15, 0.2) is 0 Å². The third kappa shape index (κ3) is 5.59. The van der Waals surface area contributed by atoms with Crippen molar-refractivity contribution in [1.82, 2.24) is 0 Å². The first-order valence-corrected chi connectivity index (χ1v) is 27.4. The van der Waals surface area contributed by atoms with Crippen LogP contribution < -0.4 is 4.90 Å². The fourth-order valence-corrected chi connectivity index (χ4v) is 15.5. The fraction of sp³-hybridized carbons (Fsp3) is 0.0933. The maximum absolute atomic E-state index is 2.66. The van der Waals surface area contributed by atoms with Crippen LogP contribution in [0, 0.1) is 0 Å². The van der Waals surface area contributed by atoms with Crippen LogP contribution in [0.15, 0.2) is 249 Å². The molecule has 0 atom stereocenters. The minimum absolute atomic E-state index is 0.0186. The summed E-state index contributed by atoms with van der Waals surface area (Å²) in [6, 6.07) is 95.8. The first kappa shape index (κ1) is 42.3. The Kier molecular flexibility index (Phi) is 8.77. The Hall–Kier alpha value is -9.04. The zero-order valence-electron chi connectivity index (χ0n) is 42.2. The van der Waals surface area contributed by atoms with E-state index in [1.807, 2.05) is 0 Å². The van der Waals surface area contributed by atoms with Crippen LogP contribution in [0.2, 0.25) is 0 Å². The lowest BCUT2D eigenvalue weighted by molar-refractivity contribution is 0.353. The molecule has 0 aliphatic heterocycles. The van der Waals surface area contributed by atoms with E-state index in [2.05, 4.69) is 254 Å². The fourth-order valence-electron chi connectivity index (χ4n) is 15.5. The zero-order chi connectivity index (χ0) is 49.7. The quantitative estimate of drug-likeness (QED) is 0.159. The highest BCUT2D eigenvalue weighted by atomic mass is 15.1. The van der Waals surface area contributed by atoms with Gasteiger partial charge in [-0.25, -0.2) is 0 Å². The minimum atomic E-state index is -0.523. The van der Waals surface area contributed by atoms with E-state index in [0.717, 1.165) is 5.69 Å². The second-order valence-corrected chi connectivity index (χ2v) is 22.1. The first-order chi connectivity index (χ1) is 37.7. The summed E-state index contributed by atoms with van der Waals surface area (Å²) in [4.78, 5) is 2.66. The summed E-state index contributed by atoms with van der Waals surface area (Å²) in [6.07, 6.45) is 6.12. The molecule has 1 fully saturated rings. The SMILES string of the molecule is c1ccc2c(c1)-c1ccc(N(c3ccc4c5ccccc5c5ccccc5c4c3)c3cc4c(cc3-c3ccc5c(ccc6ccccc65)c3)-c3ccccc3C43c4ccccc4-c4ccccc43)cc1C21CCCCC1. The Bertz CT molecular complexity index is 4560. The van der Waals surface area contributed by atoms with E-state index < -0.39 is 5.41 Å². The van der Waals surface area contributed by atoms with Crippen LogP contribution in [0.4, 0.5) is 17.1 Å². The predicted octanol–water partition coefficient (Wildman–Crippen LogP) is 20.2. The summed E-state index contributed by atoms with van der Waals surface area (Å²) in [5.41, 5.74) is 21.8. The molecule has 4 aliphatic rings. The first-order valence-electron chi connectivity index (χ1n) is 27.4. The number of fused-ring (bicyclic) bond motifs is 24. The molecule has 2 spiro atoms. The normalized spacial score (nSPS) is 15.1. The van der Waals surface area contributed by atoms with E-state index in [-0.39, 0.29) is 5.41 Å². The molecule has 0 heterocycles. The topological polar surface area (TPSA) is 3.24 Å². The van der Waals surface area contributed by atoms with Crippen molar-refractivity contribution in [2.45, 2.75) is 42.9 Å². The molecule has 13 aromatic rings. The van der Waals surface area contributed by atoms with Crippen molar-refractivity contribution in [2.24, 2.45) is 0 Å².